The fourth-order valence-corrected chi connectivity index (χ4v) is 3.11. The first-order valence-corrected chi connectivity index (χ1v) is 9.48. The first-order valence-electron chi connectivity index (χ1n) is 9.07. The van der Waals surface area contributed by atoms with Crippen LogP contribution in [0, 0.1) is 0 Å². The number of hydrogen-bond donors (Lipinski definition) is 2. The van der Waals surface area contributed by atoms with Crippen LogP contribution >= 0.6 is 12.2 Å². The average Bonchev–Trinajstić information content (AvgIpc) is 2.75. The molecule has 0 aliphatic rings. The zero-order valence-corrected chi connectivity index (χ0v) is 16.7. The third kappa shape index (κ3) is 4.56. The molecule has 0 saturated heterocycles. The lowest BCUT2D eigenvalue weighted by Crippen LogP contribution is -2.38. The number of ether oxygens (including phenoxy) is 1. The molecule has 0 unspecified atom stereocenters. The van der Waals surface area contributed by atoms with Crippen LogP contribution in [0.5, 0.6) is 5.75 Å². The second kappa shape index (κ2) is 9.15. The van der Waals surface area contributed by atoms with Crippen molar-refractivity contribution in [3.63, 3.8) is 0 Å². The molecule has 0 saturated carbocycles. The van der Waals surface area contributed by atoms with E-state index in [0.29, 0.717) is 16.2 Å². The molecule has 142 valence electrons. The van der Waals surface area contributed by atoms with Gasteiger partial charge in [0.1, 0.15) is 5.75 Å². The highest BCUT2D eigenvalue weighted by Crippen LogP contribution is 2.21. The molecule has 3 rings (SSSR count). The van der Waals surface area contributed by atoms with E-state index < -0.39 is 0 Å². The largest absolute Gasteiger partial charge is 0.502 e. The number of aliphatic hydroxyl groups is 1. The van der Waals surface area contributed by atoms with E-state index in [-0.39, 0.29) is 5.76 Å². The first kappa shape index (κ1) is 19.6. The zero-order valence-electron chi connectivity index (χ0n) is 15.9. The maximum atomic E-state index is 11.0. The van der Waals surface area contributed by atoms with Crippen molar-refractivity contribution in [2.24, 2.45) is 0 Å². The van der Waals surface area contributed by atoms with Crippen LogP contribution in [-0.2, 0) is 6.42 Å². The molecule has 0 spiro atoms. The molecular formula is C23H23N2O2S+. The van der Waals surface area contributed by atoms with Crippen LogP contribution < -0.4 is 14.6 Å². The van der Waals surface area contributed by atoms with Gasteiger partial charge in [0, 0.05) is 23.4 Å². The minimum absolute atomic E-state index is 0.116. The molecule has 1 aromatic heterocycles. The summed E-state index contributed by atoms with van der Waals surface area (Å²) in [6.45, 7) is 2.10. The van der Waals surface area contributed by atoms with Gasteiger partial charge in [-0.1, -0.05) is 49.5 Å². The summed E-state index contributed by atoms with van der Waals surface area (Å²) in [5.74, 6) is 0.883. The van der Waals surface area contributed by atoms with Crippen LogP contribution in [0.3, 0.4) is 0 Å². The first-order chi connectivity index (χ1) is 13.6. The van der Waals surface area contributed by atoms with E-state index in [1.807, 2.05) is 83.7 Å². The van der Waals surface area contributed by atoms with Gasteiger partial charge in [0.15, 0.2) is 23.1 Å². The summed E-state index contributed by atoms with van der Waals surface area (Å²) in [5, 5.41) is 14.2. The maximum Gasteiger partial charge on any atom is 0.288 e. The number of hydrogen-bond acceptors (Lipinski definition) is 3. The Labute approximate surface area is 170 Å². The van der Waals surface area contributed by atoms with Gasteiger partial charge >= 0.3 is 0 Å². The number of aliphatic hydroxyl groups excluding tert-OH is 1. The number of thiocarbonyl (C=S) groups is 1. The lowest BCUT2D eigenvalue weighted by molar-refractivity contribution is -0.575. The SMILES string of the molecule is CCc1ccc(/C(O)=C(\C(=S)Nc2ccc(OC)cc2)[n+]2ccccc2)cc1. The highest BCUT2D eigenvalue weighted by molar-refractivity contribution is 7.81. The van der Waals surface area contributed by atoms with Crippen LogP contribution in [0.1, 0.15) is 18.1 Å². The predicted molar refractivity (Wildman–Crippen MR) is 117 cm³/mol. The number of aryl methyl sites for hydroxylation is 1. The van der Waals surface area contributed by atoms with Crippen molar-refractivity contribution in [3.05, 3.63) is 90.3 Å². The van der Waals surface area contributed by atoms with Crippen LogP contribution in [0.2, 0.25) is 0 Å². The lowest BCUT2D eigenvalue weighted by Gasteiger charge is -2.11. The number of aromatic nitrogens is 1. The van der Waals surface area contributed by atoms with Crippen LogP contribution in [0.4, 0.5) is 5.69 Å². The van der Waals surface area contributed by atoms with E-state index >= 15 is 0 Å². The van der Waals surface area contributed by atoms with Gasteiger partial charge in [0.2, 0.25) is 0 Å². The minimum Gasteiger partial charge on any atom is -0.502 e. The van der Waals surface area contributed by atoms with Gasteiger partial charge in [0.25, 0.3) is 5.70 Å². The Morgan fingerprint density at radius 2 is 1.64 bits per heavy atom. The van der Waals surface area contributed by atoms with Crippen molar-refractivity contribution in [1.29, 1.82) is 0 Å². The molecule has 0 radical (unpaired) electrons. The highest BCUT2D eigenvalue weighted by Gasteiger charge is 2.23. The minimum atomic E-state index is 0.116. The molecule has 0 aliphatic carbocycles. The molecule has 2 N–H and O–H groups in total. The Kier molecular flexibility index (Phi) is 6.40. The third-order valence-corrected chi connectivity index (χ3v) is 4.69. The topological polar surface area (TPSA) is 45.4 Å². The van der Waals surface area contributed by atoms with E-state index in [4.69, 9.17) is 17.0 Å². The number of anilines is 1. The number of benzene rings is 2. The van der Waals surface area contributed by atoms with Crippen LogP contribution in [0.25, 0.3) is 11.5 Å². The normalized spacial score (nSPS) is 11.5. The van der Waals surface area contributed by atoms with Crippen molar-refractivity contribution in [1.82, 2.24) is 0 Å². The molecule has 3 aromatic rings. The van der Waals surface area contributed by atoms with Crippen molar-refractivity contribution in [2.45, 2.75) is 13.3 Å². The van der Waals surface area contributed by atoms with E-state index in [1.54, 1.807) is 7.11 Å². The molecule has 0 aliphatic heterocycles. The molecule has 0 amide bonds. The Hall–Kier alpha value is -3.18. The summed E-state index contributed by atoms with van der Waals surface area (Å²) in [6, 6.07) is 21.0. The second-order valence-corrected chi connectivity index (χ2v) is 6.62. The molecule has 28 heavy (non-hydrogen) atoms. The quantitative estimate of drug-likeness (QED) is 0.272. The standard InChI is InChI=1S/C23H22N2O2S/c1-3-17-7-9-18(10-8-17)22(26)21(25-15-5-4-6-16-25)23(28)24-19-11-13-20(27-2)14-12-19/h4-16H,3H2,1-2H3,(H-,24,26,28)/p+1. The fourth-order valence-electron chi connectivity index (χ4n) is 2.79. The highest BCUT2D eigenvalue weighted by atomic mass is 32.1. The fraction of sp³-hybridized carbons (Fsp3) is 0.130. The van der Waals surface area contributed by atoms with Gasteiger partial charge in [-0.2, -0.15) is 4.57 Å². The molecular weight excluding hydrogens is 368 g/mol. The van der Waals surface area contributed by atoms with Gasteiger partial charge in [-0.25, -0.2) is 0 Å². The Morgan fingerprint density at radius 3 is 2.21 bits per heavy atom. The van der Waals surface area contributed by atoms with Crippen molar-refractivity contribution in [3.8, 4) is 5.75 Å². The van der Waals surface area contributed by atoms with E-state index in [9.17, 15) is 5.11 Å². The van der Waals surface area contributed by atoms with Crippen LogP contribution in [-0.4, -0.2) is 17.2 Å². The lowest BCUT2D eigenvalue weighted by atomic mass is 10.1. The molecule has 5 heteroatoms. The predicted octanol–water partition coefficient (Wildman–Crippen LogP) is 4.87. The third-order valence-electron chi connectivity index (χ3n) is 4.40. The maximum absolute atomic E-state index is 11.0. The average molecular weight is 392 g/mol. The van der Waals surface area contributed by atoms with Gasteiger partial charge in [0.05, 0.1) is 7.11 Å². The van der Waals surface area contributed by atoms with Gasteiger partial charge in [-0.3, -0.25) is 0 Å². The monoisotopic (exact) mass is 391 g/mol. The molecule has 0 atom stereocenters. The van der Waals surface area contributed by atoms with Crippen LogP contribution in [0.15, 0.2) is 79.1 Å². The Morgan fingerprint density at radius 1 is 1.00 bits per heavy atom. The second-order valence-electron chi connectivity index (χ2n) is 6.21. The Balaban J connectivity index is 1.99. The van der Waals surface area contributed by atoms with Gasteiger partial charge in [-0.05, 0) is 36.2 Å². The molecule has 0 bridgehead atoms. The van der Waals surface area contributed by atoms with E-state index in [1.165, 1.54) is 5.56 Å². The van der Waals surface area contributed by atoms with E-state index in [0.717, 1.165) is 17.9 Å². The molecule has 1 heterocycles. The number of pyridine rings is 1. The number of nitrogens with one attached hydrogen (secondary N) is 1. The molecule has 0 fully saturated rings. The zero-order chi connectivity index (χ0) is 19.9. The Bertz CT molecular complexity index is 966. The van der Waals surface area contributed by atoms with Gasteiger partial charge in [-0.15, -0.1) is 0 Å². The summed E-state index contributed by atoms with van der Waals surface area (Å²) in [6.07, 6.45) is 4.66. The smallest absolute Gasteiger partial charge is 0.288 e. The summed E-state index contributed by atoms with van der Waals surface area (Å²) in [5.41, 5.74) is 3.25. The summed E-state index contributed by atoms with van der Waals surface area (Å²) in [4.78, 5) is 0.415. The molecule has 4 nitrogen and oxygen atoms in total. The van der Waals surface area contributed by atoms with E-state index in [2.05, 4.69) is 12.2 Å². The summed E-state index contributed by atoms with van der Waals surface area (Å²) < 4.78 is 7.00. The summed E-state index contributed by atoms with van der Waals surface area (Å²) >= 11 is 5.64. The van der Waals surface area contributed by atoms with Crippen molar-refractivity contribution in [2.75, 3.05) is 12.4 Å². The number of nitrogens with zero attached hydrogens (tertiary/aromatic N) is 1. The van der Waals surface area contributed by atoms with Crippen molar-refractivity contribution < 1.29 is 14.4 Å². The molecule has 2 aromatic carbocycles. The summed E-state index contributed by atoms with van der Waals surface area (Å²) in [7, 11) is 1.63. The van der Waals surface area contributed by atoms with Crippen molar-refractivity contribution >= 4 is 34.3 Å². The van der Waals surface area contributed by atoms with Gasteiger partial charge < -0.3 is 15.2 Å². The number of rotatable bonds is 6. The number of methoxy groups -OCH3 is 1.